The summed E-state index contributed by atoms with van der Waals surface area (Å²) in [5.74, 6) is -1.63. The van der Waals surface area contributed by atoms with E-state index in [-0.39, 0.29) is 18.8 Å². The Morgan fingerprint density at radius 2 is 2.05 bits per heavy atom. The van der Waals surface area contributed by atoms with E-state index in [9.17, 15) is 18.0 Å². The maximum atomic E-state index is 11.7. The van der Waals surface area contributed by atoms with Crippen LogP contribution in [0.1, 0.15) is 24.9 Å². The average molecular weight is 299 g/mol. The van der Waals surface area contributed by atoms with E-state index in [4.69, 9.17) is 4.18 Å². The summed E-state index contributed by atoms with van der Waals surface area (Å²) >= 11 is 0. The van der Waals surface area contributed by atoms with Crippen LogP contribution in [0.4, 0.5) is 0 Å². The molecule has 1 aromatic carbocycles. The minimum absolute atomic E-state index is 0.0840. The number of ketones is 1. The Morgan fingerprint density at radius 3 is 2.75 bits per heavy atom. The molecule has 1 heterocycles. The molecular formula is C12H13NO6S. The highest BCUT2D eigenvalue weighted by Crippen LogP contribution is 2.32. The molecule has 0 aliphatic carbocycles. The molecule has 1 atom stereocenters. The van der Waals surface area contributed by atoms with E-state index in [0.717, 1.165) is 0 Å². The normalized spacial score (nSPS) is 19.6. The number of carbonyl (C=O) groups is 2. The zero-order chi connectivity index (χ0) is 14.8. The number of ether oxygens (including phenoxy) is 1. The first-order valence-corrected chi connectivity index (χ1v) is 7.34. The molecule has 0 amide bonds. The van der Waals surface area contributed by atoms with Gasteiger partial charge in [0.25, 0.3) is 0 Å². The number of hydrogen-bond donors (Lipinski definition) is 1. The van der Waals surface area contributed by atoms with Crippen LogP contribution < -0.4 is 8.91 Å². The van der Waals surface area contributed by atoms with Crippen molar-refractivity contribution in [3.63, 3.8) is 0 Å². The van der Waals surface area contributed by atoms with Crippen LogP contribution in [0.15, 0.2) is 24.3 Å². The largest absolute Gasteiger partial charge is 0.460 e. The van der Waals surface area contributed by atoms with Crippen LogP contribution in [-0.4, -0.2) is 26.8 Å². The number of hydrogen-bond acceptors (Lipinski definition) is 6. The molecule has 0 aromatic heterocycles. The molecule has 1 aromatic rings. The molecule has 0 fully saturated rings. The predicted octanol–water partition coefficient (Wildman–Crippen LogP) is 0.477. The Labute approximate surface area is 116 Å². The van der Waals surface area contributed by atoms with E-state index in [1.807, 2.05) is 0 Å². The standard InChI is InChI=1S/C12H13NO6S/c1-2-18-12(15)10(14)7-9-8-5-3-4-6-11(8)19-20(16,17)13-9/h3-6,9,13H,2,7H2,1H3/t9-/m0/s1. The first-order valence-electron chi connectivity index (χ1n) is 5.93. The lowest BCUT2D eigenvalue weighted by Crippen LogP contribution is -2.38. The summed E-state index contributed by atoms with van der Waals surface area (Å²) in [4.78, 5) is 23.0. The van der Waals surface area contributed by atoms with Crippen LogP contribution >= 0.6 is 0 Å². The van der Waals surface area contributed by atoms with Gasteiger partial charge in [-0.25, -0.2) is 4.79 Å². The summed E-state index contributed by atoms with van der Waals surface area (Å²) < 4.78 is 34.6. The third kappa shape index (κ3) is 3.14. The monoisotopic (exact) mass is 299 g/mol. The van der Waals surface area contributed by atoms with E-state index in [0.29, 0.717) is 5.56 Å². The van der Waals surface area contributed by atoms with Crippen LogP contribution in [0.25, 0.3) is 0 Å². The van der Waals surface area contributed by atoms with Gasteiger partial charge in [-0.15, -0.1) is 0 Å². The molecule has 0 saturated heterocycles. The molecule has 0 saturated carbocycles. The molecule has 2 rings (SSSR count). The highest BCUT2D eigenvalue weighted by molar-refractivity contribution is 7.85. The zero-order valence-electron chi connectivity index (χ0n) is 10.7. The summed E-state index contributed by atoms with van der Waals surface area (Å²) in [7, 11) is -3.98. The fourth-order valence-electron chi connectivity index (χ4n) is 1.86. The van der Waals surface area contributed by atoms with Gasteiger partial charge in [0.05, 0.1) is 12.6 Å². The van der Waals surface area contributed by atoms with Crippen LogP contribution in [0.3, 0.4) is 0 Å². The number of fused-ring (bicyclic) bond motifs is 1. The van der Waals surface area contributed by atoms with Gasteiger partial charge in [0.15, 0.2) is 0 Å². The van der Waals surface area contributed by atoms with Crippen molar-refractivity contribution in [2.24, 2.45) is 0 Å². The SMILES string of the molecule is CCOC(=O)C(=O)C[C@@H]1NS(=O)(=O)Oc2ccccc21. The lowest BCUT2D eigenvalue weighted by atomic mass is 10.0. The third-order valence-corrected chi connectivity index (χ3v) is 3.65. The van der Waals surface area contributed by atoms with Gasteiger partial charge in [0, 0.05) is 12.0 Å². The minimum Gasteiger partial charge on any atom is -0.460 e. The van der Waals surface area contributed by atoms with E-state index in [1.54, 1.807) is 25.1 Å². The van der Waals surface area contributed by atoms with E-state index < -0.39 is 28.1 Å². The number of rotatable bonds is 4. The Balaban J connectivity index is 2.24. The van der Waals surface area contributed by atoms with Crippen LogP contribution in [-0.2, 0) is 24.6 Å². The van der Waals surface area contributed by atoms with Crippen molar-refractivity contribution in [2.75, 3.05) is 6.61 Å². The fourth-order valence-corrected chi connectivity index (χ4v) is 2.85. The summed E-state index contributed by atoms with van der Waals surface area (Å²) in [6.07, 6.45) is -0.321. The quantitative estimate of drug-likeness (QED) is 0.641. The minimum atomic E-state index is -3.98. The first-order chi connectivity index (χ1) is 9.43. The Hall–Kier alpha value is -1.93. The molecule has 0 spiro atoms. The number of benzene rings is 1. The second-order valence-electron chi connectivity index (χ2n) is 4.09. The molecule has 0 unspecified atom stereocenters. The maximum Gasteiger partial charge on any atom is 0.383 e. The van der Waals surface area contributed by atoms with Crippen molar-refractivity contribution >= 4 is 22.1 Å². The van der Waals surface area contributed by atoms with Gasteiger partial charge in [0.1, 0.15) is 5.75 Å². The maximum absolute atomic E-state index is 11.7. The van der Waals surface area contributed by atoms with Crippen molar-refractivity contribution < 1.29 is 26.9 Å². The molecule has 1 aliphatic rings. The number of esters is 1. The molecule has 0 radical (unpaired) electrons. The fraction of sp³-hybridized carbons (Fsp3) is 0.333. The van der Waals surface area contributed by atoms with E-state index in [1.165, 1.54) is 6.07 Å². The molecule has 20 heavy (non-hydrogen) atoms. The molecular weight excluding hydrogens is 286 g/mol. The van der Waals surface area contributed by atoms with Crippen molar-refractivity contribution in [1.29, 1.82) is 0 Å². The van der Waals surface area contributed by atoms with Gasteiger partial charge in [-0.2, -0.15) is 13.1 Å². The molecule has 1 aliphatic heterocycles. The number of nitrogens with one attached hydrogen (secondary N) is 1. The van der Waals surface area contributed by atoms with Crippen molar-refractivity contribution in [3.05, 3.63) is 29.8 Å². The highest BCUT2D eigenvalue weighted by atomic mass is 32.2. The number of Topliss-reactive ketones (excluding diaryl/α,β-unsaturated/α-hetero) is 1. The zero-order valence-corrected chi connectivity index (χ0v) is 11.5. The average Bonchev–Trinajstić information content (AvgIpc) is 2.37. The van der Waals surface area contributed by atoms with Crippen molar-refractivity contribution in [2.45, 2.75) is 19.4 Å². The summed E-state index contributed by atoms with van der Waals surface area (Å²) in [6.45, 7) is 1.66. The smallest absolute Gasteiger partial charge is 0.383 e. The third-order valence-electron chi connectivity index (χ3n) is 2.67. The van der Waals surface area contributed by atoms with Gasteiger partial charge in [-0.1, -0.05) is 18.2 Å². The Bertz CT molecular complexity index is 639. The lowest BCUT2D eigenvalue weighted by Gasteiger charge is -2.25. The van der Waals surface area contributed by atoms with Crippen LogP contribution in [0.2, 0.25) is 0 Å². The highest BCUT2D eigenvalue weighted by Gasteiger charge is 2.33. The van der Waals surface area contributed by atoms with Gasteiger partial charge in [-0.05, 0) is 13.0 Å². The molecule has 0 bridgehead atoms. The lowest BCUT2D eigenvalue weighted by molar-refractivity contribution is -0.153. The predicted molar refractivity (Wildman–Crippen MR) is 68.1 cm³/mol. The second kappa shape index (κ2) is 5.59. The van der Waals surface area contributed by atoms with Gasteiger partial charge in [-0.3, -0.25) is 4.79 Å². The van der Waals surface area contributed by atoms with Gasteiger partial charge >= 0.3 is 16.3 Å². The first kappa shape index (κ1) is 14.5. The van der Waals surface area contributed by atoms with Crippen molar-refractivity contribution in [3.8, 4) is 5.75 Å². The molecule has 108 valence electrons. The van der Waals surface area contributed by atoms with Gasteiger partial charge < -0.3 is 8.92 Å². The summed E-state index contributed by atoms with van der Waals surface area (Å²) in [5, 5.41) is 0. The number of para-hydroxylation sites is 1. The second-order valence-corrected chi connectivity index (χ2v) is 5.40. The Morgan fingerprint density at radius 1 is 1.35 bits per heavy atom. The summed E-state index contributed by atoms with van der Waals surface area (Å²) in [6, 6.07) is 5.56. The topological polar surface area (TPSA) is 98.8 Å². The number of carbonyl (C=O) groups excluding carboxylic acids is 2. The van der Waals surface area contributed by atoms with Crippen LogP contribution in [0.5, 0.6) is 5.75 Å². The van der Waals surface area contributed by atoms with Crippen LogP contribution in [0, 0.1) is 0 Å². The molecule has 1 N–H and O–H groups in total. The summed E-state index contributed by atoms with van der Waals surface area (Å²) in [5.41, 5.74) is 0.500. The van der Waals surface area contributed by atoms with E-state index in [2.05, 4.69) is 9.46 Å². The van der Waals surface area contributed by atoms with E-state index >= 15 is 0 Å². The molecule has 7 nitrogen and oxygen atoms in total. The Kier molecular flexibility index (Phi) is 4.05. The van der Waals surface area contributed by atoms with Crippen molar-refractivity contribution in [1.82, 2.24) is 4.72 Å². The molecule has 8 heteroatoms. The van der Waals surface area contributed by atoms with Gasteiger partial charge in [0.2, 0.25) is 5.78 Å².